The molecule has 8 heteroatoms. The lowest BCUT2D eigenvalue weighted by atomic mass is 9.85. The topological polar surface area (TPSA) is 55.4 Å². The number of hydrogen-bond acceptors (Lipinski definition) is 6. The van der Waals surface area contributed by atoms with Crippen molar-refractivity contribution >= 4 is 17.2 Å². The number of rotatable bonds is 13. The Kier molecular flexibility index (Phi) is 14.5. The Balaban J connectivity index is 1.28. The van der Waals surface area contributed by atoms with E-state index in [4.69, 9.17) is 27.1 Å². The lowest BCUT2D eigenvalue weighted by Gasteiger charge is -2.28. The lowest BCUT2D eigenvalue weighted by Crippen LogP contribution is -2.16. The number of hydrogen-bond donors (Lipinski definition) is 0. The zero-order valence-corrected chi connectivity index (χ0v) is 42.7. The predicted molar refractivity (Wildman–Crippen MR) is 269 cm³/mol. The lowest BCUT2D eigenvalue weighted by molar-refractivity contribution is 0.373. The first kappa shape index (κ1) is 48.4. The molecule has 0 aliphatic heterocycles. The molecule has 6 aromatic rings. The Morgan fingerprint density at radius 3 is 0.703 bits per heavy atom. The summed E-state index contributed by atoms with van der Waals surface area (Å²) in [5.74, 6) is 4.42. The minimum absolute atomic E-state index is 0.154. The summed E-state index contributed by atoms with van der Waals surface area (Å²) in [7, 11) is -3.85. The molecular weight excluding hydrogens is 831 g/mol. The Hall–Kier alpha value is -5.02. The van der Waals surface area contributed by atoms with Crippen LogP contribution in [0.3, 0.4) is 0 Å². The number of benzene rings is 6. The van der Waals surface area contributed by atoms with Gasteiger partial charge in [0, 0.05) is 22.3 Å². The minimum atomic E-state index is -1.92. The monoisotopic (exact) mass is 898 g/mol. The molecule has 0 saturated carbocycles. The average Bonchev–Trinajstić information content (AvgIpc) is 3.19. The summed E-state index contributed by atoms with van der Waals surface area (Å²) >= 11 is 0. The fraction of sp³-hybridized carbons (Fsp3) is 0.357. The fourth-order valence-electron chi connectivity index (χ4n) is 7.46. The predicted octanol–water partition coefficient (Wildman–Crippen LogP) is 17.3. The molecule has 6 aromatic carbocycles. The van der Waals surface area contributed by atoms with Gasteiger partial charge in [0.25, 0.3) is 0 Å². The molecule has 0 radical (unpaired) electrons. The molecule has 0 heterocycles. The van der Waals surface area contributed by atoms with Gasteiger partial charge in [0.05, 0.1) is 0 Å². The summed E-state index contributed by atoms with van der Waals surface area (Å²) in [5.41, 5.74) is 9.90. The van der Waals surface area contributed by atoms with Crippen molar-refractivity contribution in [3.63, 3.8) is 0 Å². The molecule has 0 unspecified atom stereocenters. The molecule has 64 heavy (non-hydrogen) atoms. The van der Waals surface area contributed by atoms with Crippen LogP contribution in [0.4, 0.5) is 0 Å². The summed E-state index contributed by atoms with van der Waals surface area (Å²) in [6, 6.07) is 41.2. The van der Waals surface area contributed by atoms with Gasteiger partial charge in [-0.1, -0.05) is 180 Å². The highest BCUT2D eigenvalue weighted by Gasteiger charge is 2.32. The van der Waals surface area contributed by atoms with E-state index in [9.17, 15) is 0 Å². The van der Waals surface area contributed by atoms with E-state index >= 15 is 0 Å². The van der Waals surface area contributed by atoms with Gasteiger partial charge >= 0.3 is 17.2 Å². The van der Waals surface area contributed by atoms with Crippen LogP contribution in [-0.2, 0) is 21.7 Å². The van der Waals surface area contributed by atoms with Crippen LogP contribution in [-0.4, -0.2) is 0 Å². The van der Waals surface area contributed by atoms with Gasteiger partial charge in [0.1, 0.15) is 34.5 Å². The van der Waals surface area contributed by atoms with Crippen molar-refractivity contribution in [3.05, 3.63) is 166 Å². The standard InChI is InChI=1S/C56H68O6P2/c1-37-21-17-25-45(53(5,6)7)49(37)59-63(60-50-38(2)22-18-26-46(50)54(8,9)10)57-43-33-29-41(30-34-43)42-31-35-44(36-32-42)58-64(61-51-39(3)23-19-27-47(51)55(11,12)13)62-52-40(4)24-20-28-48(52)56(14,15)16/h17-36H,1-16H3. The SMILES string of the molecule is Cc1cccc(C(C)(C)C)c1OP(Oc1ccc(-c2ccc(OP(Oc3c(C)cccc3C(C)(C)C)Oc3c(C)cccc3C(C)(C)C)cc2)cc1)Oc1c(C)cccc1C(C)(C)C. The first-order valence-electron chi connectivity index (χ1n) is 22.2. The van der Waals surface area contributed by atoms with Crippen LogP contribution in [0.25, 0.3) is 11.1 Å². The molecule has 0 bridgehead atoms. The second kappa shape index (κ2) is 19.2. The fourth-order valence-corrected chi connectivity index (χ4v) is 9.83. The Morgan fingerprint density at radius 2 is 0.500 bits per heavy atom. The second-order valence-corrected chi connectivity index (χ2v) is 22.8. The summed E-state index contributed by atoms with van der Waals surface area (Å²) in [6.45, 7) is 34.6. The highest BCUT2D eigenvalue weighted by atomic mass is 31.2. The Morgan fingerprint density at radius 1 is 0.281 bits per heavy atom. The maximum atomic E-state index is 6.81. The van der Waals surface area contributed by atoms with Crippen molar-refractivity contribution in [2.45, 2.75) is 132 Å². The van der Waals surface area contributed by atoms with Crippen LogP contribution in [0.2, 0.25) is 0 Å². The maximum Gasteiger partial charge on any atom is 0.530 e. The van der Waals surface area contributed by atoms with E-state index in [1.807, 2.05) is 24.3 Å². The average molecular weight is 899 g/mol. The van der Waals surface area contributed by atoms with Crippen molar-refractivity contribution in [3.8, 4) is 45.6 Å². The Bertz CT molecular complexity index is 2230. The quantitative estimate of drug-likeness (QED) is 0.108. The van der Waals surface area contributed by atoms with E-state index in [1.165, 1.54) is 0 Å². The maximum absolute atomic E-state index is 6.81. The molecule has 0 aromatic heterocycles. The largest absolute Gasteiger partial charge is 0.530 e. The molecule has 0 N–H and O–H groups in total. The summed E-state index contributed by atoms with van der Waals surface area (Å²) in [5, 5.41) is 0. The van der Waals surface area contributed by atoms with E-state index < -0.39 is 17.2 Å². The van der Waals surface area contributed by atoms with Crippen LogP contribution < -0.4 is 27.1 Å². The van der Waals surface area contributed by atoms with E-state index in [-0.39, 0.29) is 21.7 Å². The first-order valence-corrected chi connectivity index (χ1v) is 24.4. The second-order valence-electron chi connectivity index (χ2n) is 20.9. The highest BCUT2D eigenvalue weighted by Crippen LogP contribution is 2.51. The van der Waals surface area contributed by atoms with Gasteiger partial charge in [-0.15, -0.1) is 0 Å². The van der Waals surface area contributed by atoms with E-state index in [0.717, 1.165) is 78.6 Å². The van der Waals surface area contributed by atoms with Crippen LogP contribution in [0, 0.1) is 27.7 Å². The highest BCUT2D eigenvalue weighted by molar-refractivity contribution is 7.43. The van der Waals surface area contributed by atoms with Crippen molar-refractivity contribution in [2.75, 3.05) is 0 Å². The normalized spacial score (nSPS) is 12.3. The zero-order chi connectivity index (χ0) is 46.8. The molecule has 0 amide bonds. The van der Waals surface area contributed by atoms with Crippen molar-refractivity contribution < 1.29 is 27.1 Å². The molecule has 6 nitrogen and oxygen atoms in total. The van der Waals surface area contributed by atoms with Gasteiger partial charge in [0.2, 0.25) is 0 Å². The first-order chi connectivity index (χ1) is 29.9. The van der Waals surface area contributed by atoms with E-state index in [1.54, 1.807) is 0 Å². The zero-order valence-electron chi connectivity index (χ0n) is 40.9. The van der Waals surface area contributed by atoms with Crippen molar-refractivity contribution in [2.24, 2.45) is 0 Å². The van der Waals surface area contributed by atoms with Crippen molar-refractivity contribution in [1.29, 1.82) is 0 Å². The summed E-state index contributed by atoms with van der Waals surface area (Å²) in [4.78, 5) is 0. The molecule has 6 rings (SSSR count). The van der Waals surface area contributed by atoms with Gasteiger partial charge in [-0.3, -0.25) is 0 Å². The van der Waals surface area contributed by atoms with Gasteiger partial charge in [-0.05, 0) is 107 Å². The molecular formula is C56H68O6P2. The van der Waals surface area contributed by atoms with Crippen LogP contribution in [0.5, 0.6) is 34.5 Å². The molecule has 0 saturated heterocycles. The van der Waals surface area contributed by atoms with Crippen LogP contribution in [0.1, 0.15) is 128 Å². The summed E-state index contributed by atoms with van der Waals surface area (Å²) < 4.78 is 40.6. The summed E-state index contributed by atoms with van der Waals surface area (Å²) in [6.07, 6.45) is 0. The molecule has 0 aliphatic carbocycles. The molecule has 0 aliphatic rings. The minimum Gasteiger partial charge on any atom is -0.409 e. The van der Waals surface area contributed by atoms with Gasteiger partial charge < -0.3 is 27.1 Å². The van der Waals surface area contributed by atoms with E-state index in [2.05, 4.69) is 208 Å². The van der Waals surface area contributed by atoms with Gasteiger partial charge in [0.15, 0.2) is 0 Å². The molecule has 0 spiro atoms. The van der Waals surface area contributed by atoms with Gasteiger partial charge in [-0.2, -0.15) is 0 Å². The third-order valence-electron chi connectivity index (χ3n) is 11.1. The molecule has 0 fully saturated rings. The number of para-hydroxylation sites is 4. The van der Waals surface area contributed by atoms with E-state index in [0.29, 0.717) is 11.5 Å². The van der Waals surface area contributed by atoms with Crippen LogP contribution in [0.15, 0.2) is 121 Å². The van der Waals surface area contributed by atoms with Crippen molar-refractivity contribution in [1.82, 2.24) is 0 Å². The molecule has 0 atom stereocenters. The molecule has 338 valence electrons. The third kappa shape index (κ3) is 11.8. The van der Waals surface area contributed by atoms with Gasteiger partial charge in [-0.25, -0.2) is 0 Å². The smallest absolute Gasteiger partial charge is 0.409 e. The number of aryl methyl sites for hydroxylation is 4. The van der Waals surface area contributed by atoms with Crippen LogP contribution >= 0.6 is 17.2 Å². The third-order valence-corrected chi connectivity index (χ3v) is 13.2. The Labute approximate surface area is 386 Å².